The number of ether oxygens (including phenoxy) is 2. The third kappa shape index (κ3) is 4.21. The zero-order valence-corrected chi connectivity index (χ0v) is 17.4. The van der Waals surface area contributed by atoms with Crippen LogP contribution >= 0.6 is 0 Å². The molecule has 3 aromatic rings. The number of pyridine rings is 1. The Morgan fingerprint density at radius 2 is 1.90 bits per heavy atom. The molecule has 7 nitrogen and oxygen atoms in total. The minimum atomic E-state index is -0.0557. The Hall–Kier alpha value is -3.19. The first-order valence-corrected chi connectivity index (χ1v) is 10.3. The van der Waals surface area contributed by atoms with Crippen molar-refractivity contribution in [3.8, 4) is 22.9 Å². The zero-order valence-electron chi connectivity index (χ0n) is 17.4. The van der Waals surface area contributed by atoms with Crippen molar-refractivity contribution >= 4 is 0 Å². The van der Waals surface area contributed by atoms with Crippen LogP contribution in [-0.4, -0.2) is 39.6 Å². The van der Waals surface area contributed by atoms with Crippen molar-refractivity contribution in [2.24, 2.45) is 0 Å². The molecule has 156 valence electrons. The van der Waals surface area contributed by atoms with E-state index in [1.165, 1.54) is 0 Å². The van der Waals surface area contributed by atoms with E-state index in [1.807, 2.05) is 38.1 Å². The first-order chi connectivity index (χ1) is 14.7. The standard InChI is InChI=1S/C23H26N4O3/c1-3-29-20-7-5-6-17(21(20)30-4-2)14-27-13-10-18-19(15-27)25-22(26-23(18)28)16-8-11-24-12-9-16/h5-9,11-12H,3-4,10,13-15H2,1-2H3,(H,25,26,28). The van der Waals surface area contributed by atoms with Gasteiger partial charge < -0.3 is 14.5 Å². The van der Waals surface area contributed by atoms with Gasteiger partial charge in [-0.25, -0.2) is 4.98 Å². The Bertz CT molecular complexity index is 1070. The highest BCUT2D eigenvalue weighted by molar-refractivity contribution is 5.54. The van der Waals surface area contributed by atoms with Gasteiger partial charge in [-0.1, -0.05) is 12.1 Å². The lowest BCUT2D eigenvalue weighted by atomic mass is 10.0. The Kier molecular flexibility index (Phi) is 6.09. The zero-order chi connectivity index (χ0) is 20.9. The summed E-state index contributed by atoms with van der Waals surface area (Å²) < 4.78 is 11.6. The van der Waals surface area contributed by atoms with E-state index in [1.54, 1.807) is 12.4 Å². The summed E-state index contributed by atoms with van der Waals surface area (Å²) in [6.45, 7) is 7.21. The number of H-pyrrole nitrogens is 1. The number of aromatic nitrogens is 3. The molecule has 1 aliphatic heterocycles. The normalized spacial score (nSPS) is 13.7. The van der Waals surface area contributed by atoms with Gasteiger partial charge in [0.1, 0.15) is 5.82 Å². The molecular weight excluding hydrogens is 380 g/mol. The van der Waals surface area contributed by atoms with Crippen molar-refractivity contribution in [3.05, 3.63) is 69.9 Å². The lowest BCUT2D eigenvalue weighted by Gasteiger charge is -2.28. The van der Waals surface area contributed by atoms with Gasteiger partial charge in [0, 0.05) is 48.7 Å². The first kappa shape index (κ1) is 20.1. The molecule has 0 spiro atoms. The van der Waals surface area contributed by atoms with Gasteiger partial charge in [0.2, 0.25) is 0 Å². The highest BCUT2D eigenvalue weighted by Gasteiger charge is 2.23. The largest absolute Gasteiger partial charge is 0.490 e. The fourth-order valence-electron chi connectivity index (χ4n) is 3.78. The van der Waals surface area contributed by atoms with Crippen LogP contribution in [-0.2, 0) is 19.5 Å². The molecule has 3 heterocycles. The van der Waals surface area contributed by atoms with E-state index in [9.17, 15) is 4.79 Å². The maximum absolute atomic E-state index is 12.6. The van der Waals surface area contributed by atoms with Gasteiger partial charge >= 0.3 is 0 Å². The molecule has 0 bridgehead atoms. The second-order valence-electron chi connectivity index (χ2n) is 7.15. The van der Waals surface area contributed by atoms with E-state index in [4.69, 9.17) is 14.5 Å². The Morgan fingerprint density at radius 3 is 2.67 bits per heavy atom. The third-order valence-corrected chi connectivity index (χ3v) is 5.15. The highest BCUT2D eigenvalue weighted by atomic mass is 16.5. The number of hydrogen-bond acceptors (Lipinski definition) is 6. The molecule has 0 amide bonds. The fraction of sp³-hybridized carbons (Fsp3) is 0.348. The second-order valence-corrected chi connectivity index (χ2v) is 7.15. The topological polar surface area (TPSA) is 80.3 Å². The van der Waals surface area contributed by atoms with Crippen LogP contribution in [0.1, 0.15) is 30.7 Å². The van der Waals surface area contributed by atoms with Crippen LogP contribution in [0.3, 0.4) is 0 Å². The summed E-state index contributed by atoms with van der Waals surface area (Å²) >= 11 is 0. The number of nitrogens with zero attached hydrogens (tertiary/aromatic N) is 3. The smallest absolute Gasteiger partial charge is 0.254 e. The summed E-state index contributed by atoms with van der Waals surface area (Å²) in [7, 11) is 0. The SMILES string of the molecule is CCOc1cccc(CN2CCc3c(nc(-c4ccncc4)[nH]c3=O)C2)c1OCC. The van der Waals surface area contributed by atoms with Gasteiger partial charge in [-0.15, -0.1) is 0 Å². The average Bonchev–Trinajstić information content (AvgIpc) is 2.76. The lowest BCUT2D eigenvalue weighted by Crippen LogP contribution is -2.35. The quantitative estimate of drug-likeness (QED) is 0.649. The van der Waals surface area contributed by atoms with Crippen molar-refractivity contribution in [2.45, 2.75) is 33.4 Å². The molecule has 30 heavy (non-hydrogen) atoms. The van der Waals surface area contributed by atoms with Crippen LogP contribution in [0.15, 0.2) is 47.5 Å². The summed E-state index contributed by atoms with van der Waals surface area (Å²) in [4.78, 5) is 26.6. The van der Waals surface area contributed by atoms with E-state index >= 15 is 0 Å². The summed E-state index contributed by atoms with van der Waals surface area (Å²) in [5.74, 6) is 2.14. The molecular formula is C23H26N4O3. The number of aromatic amines is 1. The summed E-state index contributed by atoms with van der Waals surface area (Å²) in [5, 5.41) is 0. The van der Waals surface area contributed by atoms with Crippen LogP contribution < -0.4 is 15.0 Å². The number of rotatable bonds is 7. The Labute approximate surface area is 175 Å². The molecule has 7 heteroatoms. The molecule has 1 aromatic carbocycles. The highest BCUT2D eigenvalue weighted by Crippen LogP contribution is 2.33. The van der Waals surface area contributed by atoms with Crippen molar-refractivity contribution in [3.63, 3.8) is 0 Å². The van der Waals surface area contributed by atoms with Gasteiger partial charge in [0.25, 0.3) is 5.56 Å². The van der Waals surface area contributed by atoms with Crippen molar-refractivity contribution in [1.82, 2.24) is 19.9 Å². The van der Waals surface area contributed by atoms with E-state index in [2.05, 4.69) is 20.9 Å². The summed E-state index contributed by atoms with van der Waals surface area (Å²) in [6, 6.07) is 9.69. The minimum absolute atomic E-state index is 0.0557. The van der Waals surface area contributed by atoms with Gasteiger partial charge in [-0.2, -0.15) is 0 Å². The second kappa shape index (κ2) is 9.09. The minimum Gasteiger partial charge on any atom is -0.490 e. The lowest BCUT2D eigenvalue weighted by molar-refractivity contribution is 0.231. The molecule has 1 N–H and O–H groups in total. The van der Waals surface area contributed by atoms with E-state index in [0.29, 0.717) is 38.5 Å². The van der Waals surface area contributed by atoms with Gasteiger partial charge in [0.15, 0.2) is 11.5 Å². The number of hydrogen-bond donors (Lipinski definition) is 1. The maximum atomic E-state index is 12.6. The molecule has 0 saturated heterocycles. The third-order valence-electron chi connectivity index (χ3n) is 5.15. The average molecular weight is 406 g/mol. The van der Waals surface area contributed by atoms with Gasteiger partial charge in [0.05, 0.1) is 18.9 Å². The molecule has 0 unspecified atom stereocenters. The van der Waals surface area contributed by atoms with Crippen LogP contribution in [0.4, 0.5) is 0 Å². The van der Waals surface area contributed by atoms with Gasteiger partial charge in [-0.3, -0.25) is 14.7 Å². The van der Waals surface area contributed by atoms with Crippen LogP contribution in [0.2, 0.25) is 0 Å². The van der Waals surface area contributed by atoms with Crippen LogP contribution in [0, 0.1) is 0 Å². The molecule has 1 aliphatic rings. The van der Waals surface area contributed by atoms with Gasteiger partial charge in [-0.05, 0) is 38.5 Å². The van der Waals surface area contributed by atoms with E-state index in [-0.39, 0.29) is 5.56 Å². The molecule has 0 fully saturated rings. The maximum Gasteiger partial charge on any atom is 0.254 e. The van der Waals surface area contributed by atoms with Crippen molar-refractivity contribution in [2.75, 3.05) is 19.8 Å². The molecule has 2 aromatic heterocycles. The fourth-order valence-corrected chi connectivity index (χ4v) is 3.78. The Morgan fingerprint density at radius 1 is 1.10 bits per heavy atom. The molecule has 0 saturated carbocycles. The number of fused-ring (bicyclic) bond motifs is 1. The molecule has 0 aliphatic carbocycles. The van der Waals surface area contributed by atoms with Crippen molar-refractivity contribution < 1.29 is 9.47 Å². The number of benzene rings is 1. The summed E-state index contributed by atoms with van der Waals surface area (Å²) in [5.41, 5.74) is 3.48. The van der Waals surface area contributed by atoms with E-state index < -0.39 is 0 Å². The summed E-state index contributed by atoms with van der Waals surface area (Å²) in [6.07, 6.45) is 4.06. The van der Waals surface area contributed by atoms with Crippen molar-refractivity contribution in [1.29, 1.82) is 0 Å². The Balaban J connectivity index is 1.60. The van der Waals surface area contributed by atoms with E-state index in [0.717, 1.165) is 40.4 Å². The van der Waals surface area contributed by atoms with Crippen LogP contribution in [0.25, 0.3) is 11.4 Å². The number of para-hydroxylation sites is 1. The monoisotopic (exact) mass is 406 g/mol. The van der Waals surface area contributed by atoms with Crippen LogP contribution in [0.5, 0.6) is 11.5 Å². The molecule has 4 rings (SSSR count). The predicted octanol–water partition coefficient (Wildman–Crippen LogP) is 3.19. The molecule has 0 atom stereocenters. The number of nitrogens with one attached hydrogen (secondary N) is 1. The molecule has 0 radical (unpaired) electrons. The first-order valence-electron chi connectivity index (χ1n) is 10.3. The predicted molar refractivity (Wildman–Crippen MR) is 115 cm³/mol.